The minimum absolute atomic E-state index is 0. The second-order valence-corrected chi connectivity index (χ2v) is 1.78. The van der Waals surface area contributed by atoms with E-state index in [0.717, 1.165) is 6.42 Å². The molecule has 0 atom stereocenters. The Morgan fingerprint density at radius 2 is 1.67 bits per heavy atom. The average molecular weight is 253 g/mol. The van der Waals surface area contributed by atoms with E-state index < -0.39 is 0 Å². The van der Waals surface area contributed by atoms with Crippen molar-refractivity contribution in [2.45, 2.75) is 32.6 Å². The van der Waals surface area contributed by atoms with Crippen LogP contribution in [0.1, 0.15) is 32.6 Å². The predicted octanol–water partition coefficient (Wildman–Crippen LogP) is -1.82. The SMILES string of the molecule is CCCCCCO.[I-].[Mg+2]. The van der Waals surface area contributed by atoms with Crippen molar-refractivity contribution in [1.29, 1.82) is 0 Å². The molecule has 0 aromatic carbocycles. The van der Waals surface area contributed by atoms with Crippen molar-refractivity contribution in [2.75, 3.05) is 6.61 Å². The molecular formula is C6H14IMgO+. The first-order valence-corrected chi connectivity index (χ1v) is 3.02. The van der Waals surface area contributed by atoms with Crippen molar-refractivity contribution in [1.82, 2.24) is 0 Å². The van der Waals surface area contributed by atoms with Gasteiger partial charge in [-0.1, -0.05) is 26.2 Å². The van der Waals surface area contributed by atoms with Gasteiger partial charge in [0.2, 0.25) is 0 Å². The van der Waals surface area contributed by atoms with Crippen LogP contribution in [-0.4, -0.2) is 34.8 Å². The molecule has 0 aliphatic heterocycles. The van der Waals surface area contributed by atoms with E-state index in [1.54, 1.807) is 0 Å². The van der Waals surface area contributed by atoms with Crippen LogP contribution in [0, 0.1) is 0 Å². The molecule has 0 aromatic heterocycles. The fourth-order valence-corrected chi connectivity index (χ4v) is 0.539. The van der Waals surface area contributed by atoms with Gasteiger partial charge in [-0.15, -0.1) is 0 Å². The quantitative estimate of drug-likeness (QED) is 0.355. The number of unbranched alkanes of at least 4 members (excludes halogenated alkanes) is 3. The zero-order valence-electron chi connectivity index (χ0n) is 6.07. The fraction of sp³-hybridized carbons (Fsp3) is 1.00. The monoisotopic (exact) mass is 253 g/mol. The molecule has 1 nitrogen and oxygen atoms in total. The molecule has 0 saturated heterocycles. The van der Waals surface area contributed by atoms with E-state index in [1.165, 1.54) is 19.3 Å². The Morgan fingerprint density at radius 3 is 2.00 bits per heavy atom. The molecule has 0 unspecified atom stereocenters. The number of hydrogen-bond donors (Lipinski definition) is 1. The molecule has 0 heterocycles. The van der Waals surface area contributed by atoms with Gasteiger partial charge in [0, 0.05) is 6.61 Å². The topological polar surface area (TPSA) is 20.2 Å². The van der Waals surface area contributed by atoms with Crippen LogP contribution in [0.5, 0.6) is 0 Å². The molecule has 0 aromatic rings. The normalized spacial score (nSPS) is 7.33. The zero-order valence-corrected chi connectivity index (χ0v) is 9.64. The molecule has 3 heteroatoms. The van der Waals surface area contributed by atoms with Gasteiger partial charge >= 0.3 is 23.1 Å². The molecule has 0 radical (unpaired) electrons. The number of aliphatic hydroxyl groups is 1. The third-order valence-corrected chi connectivity index (χ3v) is 1.01. The van der Waals surface area contributed by atoms with Gasteiger partial charge in [-0.3, -0.25) is 0 Å². The summed E-state index contributed by atoms with van der Waals surface area (Å²) >= 11 is 0. The van der Waals surface area contributed by atoms with Gasteiger partial charge in [-0.05, 0) is 6.42 Å². The van der Waals surface area contributed by atoms with E-state index in [0.29, 0.717) is 6.61 Å². The third kappa shape index (κ3) is 17.7. The van der Waals surface area contributed by atoms with Crippen LogP contribution in [0.2, 0.25) is 0 Å². The standard InChI is InChI=1S/C6H14O.HI.Mg/c1-2-3-4-5-6-7;;/h7H,2-6H2,1H3;1H;/q;;+2/p-1. The Morgan fingerprint density at radius 1 is 1.11 bits per heavy atom. The Labute approximate surface area is 90.8 Å². The Bertz CT molecular complexity index is 32.2. The van der Waals surface area contributed by atoms with Gasteiger partial charge < -0.3 is 29.1 Å². The van der Waals surface area contributed by atoms with E-state index in [1.807, 2.05) is 0 Å². The maximum Gasteiger partial charge on any atom is 2.00 e. The van der Waals surface area contributed by atoms with Crippen LogP contribution >= 0.6 is 0 Å². The van der Waals surface area contributed by atoms with E-state index in [4.69, 9.17) is 5.11 Å². The molecule has 0 aliphatic rings. The second kappa shape index (κ2) is 16.2. The fourth-order valence-electron chi connectivity index (χ4n) is 0.539. The van der Waals surface area contributed by atoms with Crippen molar-refractivity contribution in [3.63, 3.8) is 0 Å². The second-order valence-electron chi connectivity index (χ2n) is 1.78. The first-order chi connectivity index (χ1) is 3.41. The van der Waals surface area contributed by atoms with Crippen LogP contribution in [0.15, 0.2) is 0 Å². The molecule has 0 amide bonds. The van der Waals surface area contributed by atoms with Crippen LogP contribution < -0.4 is 24.0 Å². The smallest absolute Gasteiger partial charge is 1.00 e. The number of hydrogen-bond acceptors (Lipinski definition) is 1. The summed E-state index contributed by atoms with van der Waals surface area (Å²) < 4.78 is 0. The van der Waals surface area contributed by atoms with Crippen molar-refractivity contribution >= 4 is 23.1 Å². The van der Waals surface area contributed by atoms with Gasteiger partial charge in [0.15, 0.2) is 0 Å². The minimum atomic E-state index is 0. The van der Waals surface area contributed by atoms with Crippen LogP contribution in [-0.2, 0) is 0 Å². The van der Waals surface area contributed by atoms with E-state index >= 15 is 0 Å². The van der Waals surface area contributed by atoms with E-state index in [-0.39, 0.29) is 47.0 Å². The van der Waals surface area contributed by atoms with Crippen molar-refractivity contribution in [3.8, 4) is 0 Å². The Hall–Kier alpha value is 1.46. The molecule has 0 aliphatic carbocycles. The van der Waals surface area contributed by atoms with Gasteiger partial charge in [0.25, 0.3) is 0 Å². The van der Waals surface area contributed by atoms with Gasteiger partial charge in [-0.2, -0.15) is 0 Å². The first kappa shape index (κ1) is 16.8. The number of halogens is 1. The van der Waals surface area contributed by atoms with E-state index in [2.05, 4.69) is 6.92 Å². The van der Waals surface area contributed by atoms with Crippen LogP contribution in [0.4, 0.5) is 0 Å². The van der Waals surface area contributed by atoms with Crippen molar-refractivity contribution in [3.05, 3.63) is 0 Å². The van der Waals surface area contributed by atoms with Crippen LogP contribution in [0.25, 0.3) is 0 Å². The van der Waals surface area contributed by atoms with E-state index in [9.17, 15) is 0 Å². The molecule has 9 heavy (non-hydrogen) atoms. The minimum Gasteiger partial charge on any atom is -1.00 e. The Balaban J connectivity index is -0.000000180. The van der Waals surface area contributed by atoms with Crippen molar-refractivity contribution in [2.24, 2.45) is 0 Å². The molecule has 1 N–H and O–H groups in total. The Kier molecular flexibility index (Phi) is 30.3. The average Bonchev–Trinajstić information content (AvgIpc) is 1.69. The maximum absolute atomic E-state index is 8.29. The summed E-state index contributed by atoms with van der Waals surface area (Å²) in [4.78, 5) is 0. The van der Waals surface area contributed by atoms with Crippen LogP contribution in [0.3, 0.4) is 0 Å². The predicted molar refractivity (Wildman–Crippen MR) is 37.0 cm³/mol. The van der Waals surface area contributed by atoms with Gasteiger partial charge in [-0.25, -0.2) is 0 Å². The summed E-state index contributed by atoms with van der Waals surface area (Å²) in [6.45, 7) is 2.53. The van der Waals surface area contributed by atoms with Crippen molar-refractivity contribution < 1.29 is 29.1 Å². The number of rotatable bonds is 4. The molecule has 0 rings (SSSR count). The third-order valence-electron chi connectivity index (χ3n) is 1.01. The summed E-state index contributed by atoms with van der Waals surface area (Å²) in [5.74, 6) is 0. The zero-order chi connectivity index (χ0) is 5.54. The number of aliphatic hydroxyl groups excluding tert-OH is 1. The molecule has 52 valence electrons. The molecule has 0 bridgehead atoms. The van der Waals surface area contributed by atoms with Gasteiger partial charge in [0.05, 0.1) is 0 Å². The summed E-state index contributed by atoms with van der Waals surface area (Å²) in [6.07, 6.45) is 4.68. The molecule has 0 fully saturated rings. The molecule has 0 saturated carbocycles. The molecular weight excluding hydrogens is 239 g/mol. The summed E-state index contributed by atoms with van der Waals surface area (Å²) in [6, 6.07) is 0. The molecule has 0 spiro atoms. The summed E-state index contributed by atoms with van der Waals surface area (Å²) in [5.41, 5.74) is 0. The maximum atomic E-state index is 8.29. The van der Waals surface area contributed by atoms with Gasteiger partial charge in [0.1, 0.15) is 0 Å². The summed E-state index contributed by atoms with van der Waals surface area (Å²) in [5, 5.41) is 8.29. The summed E-state index contributed by atoms with van der Waals surface area (Å²) in [7, 11) is 0. The largest absolute Gasteiger partial charge is 2.00 e. The first-order valence-electron chi connectivity index (χ1n) is 3.02.